The molecule has 9 heteroatoms. The highest BCUT2D eigenvalue weighted by molar-refractivity contribution is 7.91. The largest absolute Gasteiger partial charge is 0.271 e. The quantitative estimate of drug-likeness (QED) is 0.563. The maximum Gasteiger partial charge on any atom is 0.271 e. The third kappa shape index (κ3) is 3.10. The van der Waals surface area contributed by atoms with Crippen LogP contribution in [0.3, 0.4) is 0 Å². The van der Waals surface area contributed by atoms with E-state index in [1.165, 1.54) is 24.6 Å². The van der Waals surface area contributed by atoms with Gasteiger partial charge in [0.1, 0.15) is 0 Å². The molecule has 0 bridgehead atoms. The molecular weight excluding hydrogens is 352 g/mol. The molecule has 0 aliphatic heterocycles. The zero-order valence-corrected chi connectivity index (χ0v) is 14.2. The summed E-state index contributed by atoms with van der Waals surface area (Å²) in [6.45, 7) is 0.352. The van der Waals surface area contributed by atoms with E-state index >= 15 is 0 Å². The molecule has 24 heavy (non-hydrogen) atoms. The highest BCUT2D eigenvalue weighted by Gasteiger charge is 2.15. The highest BCUT2D eigenvalue weighted by Crippen LogP contribution is 2.29. The Labute approximate surface area is 143 Å². The Morgan fingerprint density at radius 2 is 2.12 bits per heavy atom. The van der Waals surface area contributed by atoms with Crippen LogP contribution in [0, 0.1) is 14.9 Å². The Balaban J connectivity index is 2.04. The number of nitro groups is 1. The van der Waals surface area contributed by atoms with Gasteiger partial charge in [-0.15, -0.1) is 0 Å². The number of fused-ring (bicyclic) bond motifs is 1. The fourth-order valence-corrected chi connectivity index (χ4v) is 3.48. The second-order valence-corrected chi connectivity index (χ2v) is 7.98. The van der Waals surface area contributed by atoms with E-state index in [4.69, 9.17) is 16.4 Å². The molecule has 7 nitrogen and oxygen atoms in total. The lowest BCUT2D eigenvalue weighted by molar-refractivity contribution is -0.384. The molecule has 0 aliphatic carbocycles. The summed E-state index contributed by atoms with van der Waals surface area (Å²) in [7, 11) is -2.80. The molecule has 3 aromatic rings. The number of nitro benzene ring substituents is 1. The first-order valence-corrected chi connectivity index (χ1v) is 9.22. The van der Waals surface area contributed by atoms with Crippen molar-refractivity contribution in [2.45, 2.75) is 11.4 Å². The molecule has 0 radical (unpaired) electrons. The van der Waals surface area contributed by atoms with Crippen molar-refractivity contribution in [2.24, 2.45) is 0 Å². The van der Waals surface area contributed by atoms with Gasteiger partial charge in [-0.1, -0.05) is 23.7 Å². The first kappa shape index (κ1) is 16.4. The van der Waals surface area contributed by atoms with Gasteiger partial charge in [0.15, 0.2) is 0 Å². The van der Waals surface area contributed by atoms with Crippen molar-refractivity contribution in [1.82, 2.24) is 9.78 Å². The summed E-state index contributed by atoms with van der Waals surface area (Å²) in [6, 6.07) is 9.63. The predicted molar refractivity (Wildman–Crippen MR) is 92.0 cm³/mol. The topological polar surface area (TPSA) is 102 Å². The van der Waals surface area contributed by atoms with E-state index in [0.29, 0.717) is 22.3 Å². The molecule has 0 amide bonds. The molecule has 124 valence electrons. The van der Waals surface area contributed by atoms with Crippen LogP contribution in [0.15, 0.2) is 47.5 Å². The van der Waals surface area contributed by atoms with Crippen molar-refractivity contribution in [3.8, 4) is 0 Å². The number of hydrogen-bond acceptors (Lipinski definition) is 5. The molecular formula is C15H13ClN4O3S. The number of halogens is 1. The van der Waals surface area contributed by atoms with Crippen LogP contribution in [-0.4, -0.2) is 25.2 Å². The Hall–Kier alpha value is -2.45. The normalized spacial score (nSPS) is 13.8. The molecule has 1 aromatic heterocycles. The summed E-state index contributed by atoms with van der Waals surface area (Å²) in [6.07, 6.45) is 2.89. The van der Waals surface area contributed by atoms with Crippen LogP contribution >= 0.6 is 11.6 Å². The Kier molecular flexibility index (Phi) is 4.02. The van der Waals surface area contributed by atoms with Gasteiger partial charge in [0.25, 0.3) is 5.69 Å². The van der Waals surface area contributed by atoms with Gasteiger partial charge in [0, 0.05) is 28.7 Å². The highest BCUT2D eigenvalue weighted by atomic mass is 35.5. The zero-order chi connectivity index (χ0) is 17.5. The van der Waals surface area contributed by atoms with E-state index < -0.39 is 14.7 Å². The summed E-state index contributed by atoms with van der Waals surface area (Å²) in [5.74, 6) is 0. The van der Waals surface area contributed by atoms with Crippen LogP contribution in [0.25, 0.3) is 10.9 Å². The van der Waals surface area contributed by atoms with Crippen molar-refractivity contribution in [3.63, 3.8) is 0 Å². The minimum absolute atomic E-state index is 0.0889. The Morgan fingerprint density at radius 3 is 2.79 bits per heavy atom. The first-order chi connectivity index (χ1) is 11.3. The van der Waals surface area contributed by atoms with Crippen LogP contribution in [0.1, 0.15) is 5.56 Å². The lowest BCUT2D eigenvalue weighted by Gasteiger charge is -2.08. The number of benzene rings is 2. The third-order valence-corrected chi connectivity index (χ3v) is 5.00. The van der Waals surface area contributed by atoms with Crippen LogP contribution in [0.4, 0.5) is 5.69 Å². The van der Waals surface area contributed by atoms with E-state index in [0.717, 1.165) is 5.56 Å². The molecule has 1 atom stereocenters. The van der Waals surface area contributed by atoms with E-state index in [1.807, 2.05) is 6.07 Å². The Bertz CT molecular complexity index is 1060. The third-order valence-electron chi connectivity index (χ3n) is 3.56. The SMILES string of the molecule is CS(=N)(=O)c1cccc(Cn2ncc3cc([N+](=O)[O-])cc(Cl)c32)c1. The molecule has 2 aromatic carbocycles. The van der Waals surface area contributed by atoms with E-state index in [-0.39, 0.29) is 10.7 Å². The Morgan fingerprint density at radius 1 is 1.38 bits per heavy atom. The number of nitrogens with one attached hydrogen (secondary N) is 1. The smallest absolute Gasteiger partial charge is 0.259 e. The summed E-state index contributed by atoms with van der Waals surface area (Å²) in [4.78, 5) is 10.8. The fourth-order valence-electron chi connectivity index (χ4n) is 2.45. The summed E-state index contributed by atoms with van der Waals surface area (Å²) in [5, 5.41) is 16.0. The van der Waals surface area contributed by atoms with Crippen molar-refractivity contribution in [3.05, 3.63) is 63.3 Å². The zero-order valence-electron chi connectivity index (χ0n) is 12.6. The maximum atomic E-state index is 11.9. The number of non-ortho nitro benzene ring substituents is 1. The van der Waals surface area contributed by atoms with Gasteiger partial charge in [-0.2, -0.15) is 5.10 Å². The number of rotatable bonds is 4. The number of aromatic nitrogens is 2. The second kappa shape index (κ2) is 5.88. The average molecular weight is 365 g/mol. The molecule has 0 saturated carbocycles. The first-order valence-electron chi connectivity index (χ1n) is 6.88. The standard InChI is InChI=1S/C15H13ClN4O3S/c1-24(17,23)13-4-2-3-10(5-13)9-19-15-11(8-18-19)6-12(20(21)22)7-14(15)16/h2-8,17H,9H2,1H3. The van der Waals surface area contributed by atoms with Crippen molar-refractivity contribution in [2.75, 3.05) is 6.26 Å². The molecule has 0 aliphatic rings. The number of hydrogen-bond donors (Lipinski definition) is 1. The van der Waals surface area contributed by atoms with Crippen molar-refractivity contribution < 1.29 is 9.13 Å². The van der Waals surface area contributed by atoms with Crippen LogP contribution in [0.2, 0.25) is 5.02 Å². The van der Waals surface area contributed by atoms with Crippen molar-refractivity contribution >= 4 is 37.9 Å². The summed E-state index contributed by atoms with van der Waals surface area (Å²) < 4.78 is 21.2. The summed E-state index contributed by atoms with van der Waals surface area (Å²) >= 11 is 6.18. The molecule has 1 unspecified atom stereocenters. The summed E-state index contributed by atoms with van der Waals surface area (Å²) in [5.41, 5.74) is 1.32. The van der Waals surface area contributed by atoms with Crippen LogP contribution in [0.5, 0.6) is 0 Å². The predicted octanol–water partition coefficient (Wildman–Crippen LogP) is 3.68. The molecule has 1 heterocycles. The molecule has 3 rings (SSSR count). The average Bonchev–Trinajstić information content (AvgIpc) is 2.90. The van der Waals surface area contributed by atoms with Gasteiger partial charge in [-0.25, -0.2) is 8.99 Å². The van der Waals surface area contributed by atoms with Crippen molar-refractivity contribution in [1.29, 1.82) is 4.78 Å². The molecule has 0 saturated heterocycles. The molecule has 0 fully saturated rings. The van der Waals surface area contributed by atoms with Gasteiger partial charge in [-0.3, -0.25) is 14.8 Å². The monoisotopic (exact) mass is 364 g/mol. The lowest BCUT2D eigenvalue weighted by Crippen LogP contribution is -2.03. The van der Waals surface area contributed by atoms with Crippen LogP contribution in [-0.2, 0) is 16.3 Å². The maximum absolute atomic E-state index is 11.9. The van der Waals surface area contributed by atoms with Gasteiger partial charge >= 0.3 is 0 Å². The van der Waals surface area contributed by atoms with Gasteiger partial charge in [-0.05, 0) is 17.7 Å². The van der Waals surface area contributed by atoms with Crippen LogP contribution < -0.4 is 0 Å². The van der Waals surface area contributed by atoms with Gasteiger partial charge < -0.3 is 0 Å². The fraction of sp³-hybridized carbons (Fsp3) is 0.133. The minimum Gasteiger partial charge on any atom is -0.259 e. The second-order valence-electron chi connectivity index (χ2n) is 5.42. The lowest BCUT2D eigenvalue weighted by atomic mass is 10.2. The van der Waals surface area contributed by atoms with Gasteiger partial charge in [0.05, 0.1) is 37.9 Å². The number of nitrogens with zero attached hydrogens (tertiary/aromatic N) is 3. The van der Waals surface area contributed by atoms with Gasteiger partial charge in [0.2, 0.25) is 0 Å². The van der Waals surface area contributed by atoms with E-state index in [2.05, 4.69) is 5.10 Å². The van der Waals surface area contributed by atoms with E-state index in [9.17, 15) is 14.3 Å². The molecule has 1 N–H and O–H groups in total. The van der Waals surface area contributed by atoms with E-state index in [1.54, 1.807) is 22.9 Å². The molecule has 0 spiro atoms. The minimum atomic E-state index is -2.80.